The highest BCUT2D eigenvalue weighted by atomic mass is 32.2. The number of para-hydroxylation sites is 1. The van der Waals surface area contributed by atoms with Crippen molar-refractivity contribution in [2.75, 3.05) is 6.61 Å². The Labute approximate surface area is 134 Å². The van der Waals surface area contributed by atoms with Gasteiger partial charge >= 0.3 is 0 Å². The van der Waals surface area contributed by atoms with Crippen LogP contribution >= 0.6 is 0 Å². The number of aromatic nitrogens is 1. The minimum Gasteiger partial charge on any atom is -0.377 e. The van der Waals surface area contributed by atoms with Crippen LogP contribution in [0.5, 0.6) is 0 Å². The number of nitrogens with one attached hydrogen (secondary N) is 1. The predicted molar refractivity (Wildman–Crippen MR) is 82.9 cm³/mol. The summed E-state index contributed by atoms with van der Waals surface area (Å²) in [6.45, 7) is 2.39. The maximum Gasteiger partial charge on any atom is 0.240 e. The highest BCUT2D eigenvalue weighted by Gasteiger charge is 2.34. The molecular formula is C15H18N2O5S. The number of carbonyl (C=O) groups excluding carboxylic acids is 1. The van der Waals surface area contributed by atoms with Crippen LogP contribution in [0.25, 0.3) is 11.0 Å². The van der Waals surface area contributed by atoms with Crippen LogP contribution in [0.3, 0.4) is 0 Å². The van der Waals surface area contributed by atoms with E-state index in [1.807, 2.05) is 6.92 Å². The van der Waals surface area contributed by atoms with E-state index in [0.29, 0.717) is 30.4 Å². The molecule has 2 atom stereocenters. The fourth-order valence-corrected chi connectivity index (χ4v) is 3.94. The molecule has 1 aliphatic rings. The van der Waals surface area contributed by atoms with Gasteiger partial charge < -0.3 is 9.26 Å². The zero-order chi connectivity index (χ0) is 16.4. The molecule has 1 fully saturated rings. The second kappa shape index (κ2) is 6.29. The molecule has 7 nitrogen and oxygen atoms in total. The second-order valence-electron chi connectivity index (χ2n) is 5.56. The van der Waals surface area contributed by atoms with Gasteiger partial charge in [-0.05, 0) is 25.0 Å². The Hall–Kier alpha value is -1.93. The first-order chi connectivity index (χ1) is 11.0. The van der Waals surface area contributed by atoms with E-state index in [-0.39, 0.29) is 11.8 Å². The van der Waals surface area contributed by atoms with Crippen molar-refractivity contribution in [1.82, 2.24) is 9.88 Å². The van der Waals surface area contributed by atoms with Gasteiger partial charge in [0.15, 0.2) is 5.58 Å². The van der Waals surface area contributed by atoms with Crippen LogP contribution in [-0.2, 0) is 25.3 Å². The third kappa shape index (κ3) is 3.37. The minimum absolute atomic E-state index is 0.224. The molecule has 1 amide bonds. The molecule has 0 bridgehead atoms. The van der Waals surface area contributed by atoms with Crippen LogP contribution < -0.4 is 4.72 Å². The van der Waals surface area contributed by atoms with Crippen molar-refractivity contribution >= 4 is 26.9 Å². The summed E-state index contributed by atoms with van der Waals surface area (Å²) < 4.78 is 37.2. The first kappa shape index (κ1) is 15.9. The van der Waals surface area contributed by atoms with Crippen molar-refractivity contribution in [1.29, 1.82) is 0 Å². The van der Waals surface area contributed by atoms with E-state index < -0.39 is 27.6 Å². The van der Waals surface area contributed by atoms with Crippen LogP contribution in [0.4, 0.5) is 0 Å². The Morgan fingerprint density at radius 1 is 1.39 bits per heavy atom. The highest BCUT2D eigenvalue weighted by Crippen LogP contribution is 2.24. The predicted octanol–water partition coefficient (Wildman–Crippen LogP) is 1.59. The van der Waals surface area contributed by atoms with E-state index in [4.69, 9.17) is 9.26 Å². The summed E-state index contributed by atoms with van der Waals surface area (Å²) in [6.07, 6.45) is 0.983. The second-order valence-corrected chi connectivity index (χ2v) is 7.29. The number of sulfonamides is 1. The first-order valence-electron chi connectivity index (χ1n) is 7.49. The van der Waals surface area contributed by atoms with Gasteiger partial charge in [-0.25, -0.2) is 8.42 Å². The molecule has 2 aromatic rings. The largest absolute Gasteiger partial charge is 0.377 e. The van der Waals surface area contributed by atoms with Gasteiger partial charge in [0.1, 0.15) is 11.4 Å². The van der Waals surface area contributed by atoms with Crippen LogP contribution in [-0.4, -0.2) is 32.2 Å². The van der Waals surface area contributed by atoms with E-state index >= 15 is 0 Å². The molecule has 0 unspecified atom stereocenters. The van der Waals surface area contributed by atoms with Gasteiger partial charge in [0, 0.05) is 12.0 Å². The van der Waals surface area contributed by atoms with Crippen molar-refractivity contribution in [3.8, 4) is 0 Å². The molecule has 1 aromatic heterocycles. The fourth-order valence-electron chi connectivity index (χ4n) is 2.84. The summed E-state index contributed by atoms with van der Waals surface area (Å²) in [5.41, 5.74) is 0.801. The third-order valence-corrected chi connectivity index (χ3v) is 5.15. The van der Waals surface area contributed by atoms with E-state index in [9.17, 15) is 13.2 Å². The molecular weight excluding hydrogens is 320 g/mol. The fraction of sp³-hybridized carbons (Fsp3) is 0.467. The average molecular weight is 338 g/mol. The zero-order valence-corrected chi connectivity index (χ0v) is 13.5. The van der Waals surface area contributed by atoms with Crippen molar-refractivity contribution in [3.63, 3.8) is 0 Å². The Kier molecular flexibility index (Phi) is 4.36. The number of hydrogen-bond donors (Lipinski definition) is 1. The summed E-state index contributed by atoms with van der Waals surface area (Å²) in [5.74, 6) is -1.34. The molecule has 1 N–H and O–H groups in total. The number of ether oxygens (including phenoxy) is 1. The molecule has 0 saturated carbocycles. The normalized spacial score (nSPS) is 21.6. The molecule has 1 saturated heterocycles. The lowest BCUT2D eigenvalue weighted by molar-refractivity contribution is -0.124. The lowest BCUT2D eigenvalue weighted by atomic mass is 9.99. The molecule has 1 aromatic carbocycles. The SMILES string of the molecule is CC[C@@H]1OCC[C@H]1C(=O)NS(=O)(=O)Cc1noc2ccccc12. The van der Waals surface area contributed by atoms with Gasteiger partial charge in [-0.1, -0.05) is 24.2 Å². The van der Waals surface area contributed by atoms with Gasteiger partial charge in [-0.15, -0.1) is 0 Å². The van der Waals surface area contributed by atoms with Crippen LogP contribution in [0.15, 0.2) is 28.8 Å². The number of carbonyl (C=O) groups is 1. The lowest BCUT2D eigenvalue weighted by Crippen LogP contribution is -2.39. The summed E-state index contributed by atoms with van der Waals surface area (Å²) in [5, 5.41) is 4.41. The lowest BCUT2D eigenvalue weighted by Gasteiger charge is -2.16. The standard InChI is InChI=1S/C15H18N2O5S/c1-2-13-11(7-8-21-13)15(18)17-23(19,20)9-12-10-5-3-4-6-14(10)22-16-12/h3-6,11,13H,2,7-9H2,1H3,(H,17,18)/t11-,13+/m1/s1. The minimum atomic E-state index is -3.84. The van der Waals surface area contributed by atoms with E-state index in [1.165, 1.54) is 0 Å². The Bertz CT molecular complexity index is 814. The molecule has 8 heteroatoms. The topological polar surface area (TPSA) is 98.5 Å². The molecule has 2 heterocycles. The van der Waals surface area contributed by atoms with Gasteiger partial charge in [-0.3, -0.25) is 9.52 Å². The molecule has 23 heavy (non-hydrogen) atoms. The van der Waals surface area contributed by atoms with Crippen molar-refractivity contribution < 1.29 is 22.5 Å². The quantitative estimate of drug-likeness (QED) is 0.889. The monoisotopic (exact) mass is 338 g/mol. The van der Waals surface area contributed by atoms with E-state index in [0.717, 1.165) is 0 Å². The van der Waals surface area contributed by atoms with Gasteiger partial charge in [-0.2, -0.15) is 0 Å². The molecule has 1 aliphatic heterocycles. The average Bonchev–Trinajstić information content (AvgIpc) is 3.13. The van der Waals surface area contributed by atoms with Crippen LogP contribution in [0.1, 0.15) is 25.5 Å². The maximum atomic E-state index is 12.2. The third-order valence-electron chi connectivity index (χ3n) is 3.98. The highest BCUT2D eigenvalue weighted by molar-refractivity contribution is 7.89. The molecule has 0 aliphatic carbocycles. The molecule has 3 rings (SSSR count). The van der Waals surface area contributed by atoms with Crippen molar-refractivity contribution in [2.24, 2.45) is 5.92 Å². The maximum absolute atomic E-state index is 12.2. The molecule has 124 valence electrons. The zero-order valence-electron chi connectivity index (χ0n) is 12.7. The van der Waals surface area contributed by atoms with Gasteiger partial charge in [0.2, 0.25) is 15.9 Å². The van der Waals surface area contributed by atoms with Crippen LogP contribution in [0, 0.1) is 5.92 Å². The Morgan fingerprint density at radius 2 is 2.17 bits per heavy atom. The number of rotatable bonds is 5. The summed E-state index contributed by atoms with van der Waals surface area (Å²) in [4.78, 5) is 12.2. The summed E-state index contributed by atoms with van der Waals surface area (Å²) in [7, 11) is -3.84. The summed E-state index contributed by atoms with van der Waals surface area (Å²) in [6, 6.07) is 6.99. The molecule has 0 radical (unpaired) electrons. The summed E-state index contributed by atoms with van der Waals surface area (Å²) >= 11 is 0. The number of amides is 1. The van der Waals surface area contributed by atoms with Crippen molar-refractivity contribution in [2.45, 2.75) is 31.6 Å². The van der Waals surface area contributed by atoms with Gasteiger partial charge in [0.05, 0.1) is 12.0 Å². The first-order valence-corrected chi connectivity index (χ1v) is 9.14. The van der Waals surface area contributed by atoms with E-state index in [1.54, 1.807) is 24.3 Å². The van der Waals surface area contributed by atoms with E-state index in [2.05, 4.69) is 9.88 Å². The van der Waals surface area contributed by atoms with Crippen molar-refractivity contribution in [3.05, 3.63) is 30.0 Å². The smallest absolute Gasteiger partial charge is 0.240 e. The van der Waals surface area contributed by atoms with Crippen LogP contribution in [0.2, 0.25) is 0 Å². The van der Waals surface area contributed by atoms with Gasteiger partial charge in [0.25, 0.3) is 0 Å². The number of fused-ring (bicyclic) bond motifs is 1. The number of nitrogens with zero attached hydrogens (tertiary/aromatic N) is 1. The molecule has 0 spiro atoms. The number of hydrogen-bond acceptors (Lipinski definition) is 6. The Morgan fingerprint density at radius 3 is 2.96 bits per heavy atom. The number of benzene rings is 1. The Balaban J connectivity index is 1.73.